The monoisotopic (exact) mass is 527 g/mol. The molecule has 2 aromatic rings. The van der Waals surface area contributed by atoms with Gasteiger partial charge in [-0.25, -0.2) is 8.42 Å². The Hall–Kier alpha value is -2.29. The van der Waals surface area contributed by atoms with Crippen molar-refractivity contribution < 1.29 is 18.0 Å². The SMILES string of the molecule is CC[C@@H](C)NC(=O)[C@@H](CC)N(Cc1ccccc1)C(=O)CN(c1ccc(Cl)cc1Cl)S(C)(=O)=O. The zero-order valence-electron chi connectivity index (χ0n) is 19.8. The van der Waals surface area contributed by atoms with Gasteiger partial charge in [-0.05, 0) is 43.5 Å². The van der Waals surface area contributed by atoms with Crippen molar-refractivity contribution in [1.82, 2.24) is 10.2 Å². The fourth-order valence-corrected chi connectivity index (χ4v) is 4.84. The lowest BCUT2D eigenvalue weighted by molar-refractivity contribution is -0.140. The number of nitrogens with zero attached hydrogens (tertiary/aromatic N) is 2. The molecule has 1 N–H and O–H groups in total. The Balaban J connectivity index is 2.44. The Bertz CT molecular complexity index is 1100. The second-order valence-electron chi connectivity index (χ2n) is 8.11. The van der Waals surface area contributed by atoms with Crippen molar-refractivity contribution in [3.05, 3.63) is 64.1 Å². The van der Waals surface area contributed by atoms with Crippen molar-refractivity contribution in [1.29, 1.82) is 0 Å². The summed E-state index contributed by atoms with van der Waals surface area (Å²) in [5.74, 6) is -0.803. The Morgan fingerprint density at radius 3 is 2.21 bits per heavy atom. The minimum atomic E-state index is -3.87. The van der Waals surface area contributed by atoms with E-state index < -0.39 is 28.5 Å². The molecule has 2 atom stereocenters. The standard InChI is InChI=1S/C24H31Cl2N3O4S/c1-5-17(3)27-24(31)21(6-2)28(15-18-10-8-7-9-11-18)23(30)16-29(34(4,32)33)22-13-12-19(25)14-20(22)26/h7-14,17,21H,5-6,15-16H2,1-4H3,(H,27,31)/t17-,21-/m1/s1. The van der Waals surface area contributed by atoms with Gasteiger partial charge < -0.3 is 10.2 Å². The molecule has 0 heterocycles. The van der Waals surface area contributed by atoms with E-state index >= 15 is 0 Å². The lowest BCUT2D eigenvalue weighted by Crippen LogP contribution is -2.53. The van der Waals surface area contributed by atoms with Gasteiger partial charge in [0.2, 0.25) is 21.8 Å². The first-order valence-electron chi connectivity index (χ1n) is 11.0. The van der Waals surface area contributed by atoms with E-state index in [1.165, 1.54) is 23.1 Å². The Labute approximate surface area is 212 Å². The van der Waals surface area contributed by atoms with Gasteiger partial charge in [0, 0.05) is 17.6 Å². The lowest BCUT2D eigenvalue weighted by Gasteiger charge is -2.33. The second kappa shape index (κ2) is 12.4. The maximum atomic E-state index is 13.6. The molecule has 2 amide bonds. The van der Waals surface area contributed by atoms with E-state index in [0.29, 0.717) is 11.4 Å². The third-order valence-corrected chi connectivity index (χ3v) is 7.10. The number of carbonyl (C=O) groups excluding carboxylic acids is 2. The van der Waals surface area contributed by atoms with Crippen LogP contribution in [0, 0.1) is 0 Å². The summed E-state index contributed by atoms with van der Waals surface area (Å²) in [6, 6.07) is 12.8. The maximum absolute atomic E-state index is 13.6. The molecule has 0 saturated carbocycles. The Morgan fingerprint density at radius 2 is 1.68 bits per heavy atom. The van der Waals surface area contributed by atoms with Gasteiger partial charge in [0.25, 0.3) is 0 Å². The zero-order valence-corrected chi connectivity index (χ0v) is 22.1. The molecule has 0 aromatic heterocycles. The van der Waals surface area contributed by atoms with Crippen molar-refractivity contribution in [3.8, 4) is 0 Å². The number of rotatable bonds is 11. The highest BCUT2D eigenvalue weighted by molar-refractivity contribution is 7.92. The van der Waals surface area contributed by atoms with Gasteiger partial charge in [-0.15, -0.1) is 0 Å². The number of hydrogen-bond donors (Lipinski definition) is 1. The number of benzene rings is 2. The van der Waals surface area contributed by atoms with Crippen molar-refractivity contribution >= 4 is 50.7 Å². The molecule has 0 unspecified atom stereocenters. The number of carbonyl (C=O) groups is 2. The normalized spacial score (nSPS) is 13.1. The average molecular weight is 529 g/mol. The second-order valence-corrected chi connectivity index (χ2v) is 10.9. The molecule has 2 aromatic carbocycles. The molecule has 0 spiro atoms. The predicted molar refractivity (Wildman–Crippen MR) is 138 cm³/mol. The van der Waals surface area contributed by atoms with E-state index in [4.69, 9.17) is 23.2 Å². The molecule has 0 radical (unpaired) electrons. The first-order chi connectivity index (χ1) is 16.0. The Morgan fingerprint density at radius 1 is 1.03 bits per heavy atom. The molecule has 0 aliphatic carbocycles. The molecule has 0 aliphatic heterocycles. The van der Waals surface area contributed by atoms with E-state index in [1.54, 1.807) is 0 Å². The molecular weight excluding hydrogens is 497 g/mol. The van der Waals surface area contributed by atoms with Crippen LogP contribution in [0.5, 0.6) is 0 Å². The van der Waals surface area contributed by atoms with Crippen molar-refractivity contribution in [3.63, 3.8) is 0 Å². The molecule has 2 rings (SSSR count). The molecular formula is C24H31Cl2N3O4S. The fourth-order valence-electron chi connectivity index (χ4n) is 3.42. The highest BCUT2D eigenvalue weighted by atomic mass is 35.5. The van der Waals surface area contributed by atoms with Crippen LogP contribution in [0.1, 0.15) is 39.2 Å². The smallest absolute Gasteiger partial charge is 0.244 e. The number of halogens is 2. The van der Waals surface area contributed by atoms with Gasteiger partial charge in [-0.3, -0.25) is 13.9 Å². The first-order valence-corrected chi connectivity index (χ1v) is 13.6. The predicted octanol–water partition coefficient (Wildman–Crippen LogP) is 4.48. The topological polar surface area (TPSA) is 86.8 Å². The number of hydrogen-bond acceptors (Lipinski definition) is 4. The largest absolute Gasteiger partial charge is 0.352 e. The van der Waals surface area contributed by atoms with Crippen LogP contribution in [-0.4, -0.2) is 50.0 Å². The van der Waals surface area contributed by atoms with Crippen molar-refractivity contribution in [2.45, 2.75) is 52.2 Å². The average Bonchev–Trinajstić information content (AvgIpc) is 2.77. The molecule has 7 nitrogen and oxygen atoms in total. The van der Waals surface area contributed by atoms with Crippen LogP contribution in [-0.2, 0) is 26.2 Å². The minimum absolute atomic E-state index is 0.0596. The minimum Gasteiger partial charge on any atom is -0.352 e. The fraction of sp³-hybridized carbons (Fsp3) is 0.417. The van der Waals surface area contributed by atoms with Crippen LogP contribution < -0.4 is 9.62 Å². The summed E-state index contributed by atoms with van der Waals surface area (Å²) in [5, 5.41) is 3.37. The number of anilines is 1. The highest BCUT2D eigenvalue weighted by Crippen LogP contribution is 2.30. The van der Waals surface area contributed by atoms with E-state index in [-0.39, 0.29) is 29.2 Å². The van der Waals surface area contributed by atoms with Crippen molar-refractivity contribution in [2.75, 3.05) is 17.1 Å². The highest BCUT2D eigenvalue weighted by Gasteiger charge is 2.32. The van der Waals surface area contributed by atoms with Gasteiger partial charge in [-0.2, -0.15) is 0 Å². The van der Waals surface area contributed by atoms with E-state index in [1.807, 2.05) is 51.1 Å². The third-order valence-electron chi connectivity index (χ3n) is 5.44. The summed E-state index contributed by atoms with van der Waals surface area (Å²) < 4.78 is 26.2. The number of sulfonamides is 1. The summed E-state index contributed by atoms with van der Waals surface area (Å²) in [6.45, 7) is 5.30. The molecule has 34 heavy (non-hydrogen) atoms. The Kier molecular flexibility index (Phi) is 10.2. The number of amides is 2. The van der Waals surface area contributed by atoms with Gasteiger partial charge in [-0.1, -0.05) is 67.4 Å². The van der Waals surface area contributed by atoms with Crippen LogP contribution in [0.4, 0.5) is 5.69 Å². The summed E-state index contributed by atoms with van der Waals surface area (Å²) in [4.78, 5) is 28.1. The summed E-state index contributed by atoms with van der Waals surface area (Å²) in [5.41, 5.74) is 0.958. The van der Waals surface area contributed by atoms with Crippen LogP contribution >= 0.6 is 23.2 Å². The number of nitrogens with one attached hydrogen (secondary N) is 1. The first kappa shape index (κ1) is 28.0. The lowest BCUT2D eigenvalue weighted by atomic mass is 10.1. The quantitative estimate of drug-likeness (QED) is 0.466. The van der Waals surface area contributed by atoms with Crippen LogP contribution in [0.25, 0.3) is 0 Å². The molecule has 0 aliphatic rings. The van der Waals surface area contributed by atoms with Crippen LogP contribution in [0.3, 0.4) is 0 Å². The zero-order chi connectivity index (χ0) is 25.5. The van der Waals surface area contributed by atoms with Crippen LogP contribution in [0.2, 0.25) is 10.0 Å². The van der Waals surface area contributed by atoms with Gasteiger partial charge >= 0.3 is 0 Å². The summed E-state index contributed by atoms with van der Waals surface area (Å²) in [7, 11) is -3.87. The molecule has 0 saturated heterocycles. The van der Waals surface area contributed by atoms with Gasteiger partial charge in [0.15, 0.2) is 0 Å². The molecule has 0 bridgehead atoms. The van der Waals surface area contributed by atoms with E-state index in [9.17, 15) is 18.0 Å². The third kappa shape index (κ3) is 7.61. The van der Waals surface area contributed by atoms with E-state index in [2.05, 4.69) is 5.32 Å². The molecule has 186 valence electrons. The molecule has 10 heteroatoms. The van der Waals surface area contributed by atoms with E-state index in [0.717, 1.165) is 22.5 Å². The van der Waals surface area contributed by atoms with Gasteiger partial charge in [0.05, 0.1) is 17.0 Å². The van der Waals surface area contributed by atoms with Crippen molar-refractivity contribution in [2.24, 2.45) is 0 Å². The van der Waals surface area contributed by atoms with Crippen LogP contribution in [0.15, 0.2) is 48.5 Å². The van der Waals surface area contributed by atoms with Gasteiger partial charge in [0.1, 0.15) is 12.6 Å². The maximum Gasteiger partial charge on any atom is 0.244 e. The summed E-state index contributed by atoms with van der Waals surface area (Å²) in [6.07, 6.45) is 2.10. The molecule has 0 fully saturated rings. The summed E-state index contributed by atoms with van der Waals surface area (Å²) >= 11 is 12.2.